The van der Waals surface area contributed by atoms with Crippen LogP contribution in [0.1, 0.15) is 51.1 Å². The minimum atomic E-state index is 0.260. The predicted octanol–water partition coefficient (Wildman–Crippen LogP) is 3.93. The van der Waals surface area contributed by atoms with Crippen LogP contribution in [0.5, 0.6) is 11.5 Å². The van der Waals surface area contributed by atoms with Gasteiger partial charge in [0, 0.05) is 17.6 Å². The Morgan fingerprint density at radius 2 is 1.80 bits per heavy atom. The van der Waals surface area contributed by atoms with Gasteiger partial charge in [0.25, 0.3) is 0 Å². The van der Waals surface area contributed by atoms with Crippen LogP contribution in [0.3, 0.4) is 0 Å². The first-order valence-corrected chi connectivity index (χ1v) is 7.63. The van der Waals surface area contributed by atoms with E-state index in [1.807, 2.05) is 12.1 Å². The summed E-state index contributed by atoms with van der Waals surface area (Å²) in [6.45, 7) is 4.50. The number of methoxy groups -OCH3 is 2. The highest BCUT2D eigenvalue weighted by Crippen LogP contribution is 2.32. The van der Waals surface area contributed by atoms with Gasteiger partial charge in [-0.2, -0.15) is 0 Å². The molecule has 2 atom stereocenters. The van der Waals surface area contributed by atoms with E-state index in [0.717, 1.165) is 23.0 Å². The van der Waals surface area contributed by atoms with Gasteiger partial charge in [0.15, 0.2) is 0 Å². The van der Waals surface area contributed by atoms with Crippen LogP contribution < -0.4 is 14.8 Å². The fraction of sp³-hybridized carbons (Fsp3) is 0.647. The molecule has 1 aromatic carbocycles. The molecule has 0 aromatic heterocycles. The molecule has 1 fully saturated rings. The molecule has 0 spiro atoms. The summed E-state index contributed by atoms with van der Waals surface area (Å²) in [7, 11) is 3.42. The van der Waals surface area contributed by atoms with Crippen LogP contribution in [-0.4, -0.2) is 20.3 Å². The van der Waals surface area contributed by atoms with Crippen LogP contribution in [-0.2, 0) is 0 Å². The van der Waals surface area contributed by atoms with Crippen LogP contribution in [0.2, 0.25) is 0 Å². The molecule has 0 saturated heterocycles. The zero-order valence-electron chi connectivity index (χ0n) is 13.1. The molecule has 1 N–H and O–H groups in total. The molecule has 3 nitrogen and oxygen atoms in total. The number of hydrogen-bond donors (Lipinski definition) is 1. The van der Waals surface area contributed by atoms with Gasteiger partial charge in [0.1, 0.15) is 11.5 Å². The lowest BCUT2D eigenvalue weighted by atomic mass is 9.97. The molecule has 112 valence electrons. The third-order valence-electron chi connectivity index (χ3n) is 4.52. The molecule has 0 aliphatic heterocycles. The van der Waals surface area contributed by atoms with Gasteiger partial charge in [-0.15, -0.1) is 0 Å². The smallest absolute Gasteiger partial charge is 0.123 e. The fourth-order valence-electron chi connectivity index (χ4n) is 3.26. The maximum atomic E-state index is 5.48. The number of benzene rings is 1. The first kappa shape index (κ1) is 15.2. The number of ether oxygens (including phenoxy) is 2. The van der Waals surface area contributed by atoms with Gasteiger partial charge in [-0.05, 0) is 50.8 Å². The molecule has 20 heavy (non-hydrogen) atoms. The zero-order chi connectivity index (χ0) is 14.5. The summed E-state index contributed by atoms with van der Waals surface area (Å²) in [5, 5.41) is 3.73. The highest BCUT2D eigenvalue weighted by atomic mass is 16.5. The number of hydrogen-bond acceptors (Lipinski definition) is 3. The lowest BCUT2D eigenvalue weighted by Gasteiger charge is -2.26. The van der Waals surface area contributed by atoms with Crippen LogP contribution in [0.4, 0.5) is 0 Å². The molecule has 0 amide bonds. The van der Waals surface area contributed by atoms with Crippen LogP contribution in [0, 0.1) is 5.92 Å². The second-order valence-corrected chi connectivity index (χ2v) is 5.83. The molecule has 1 aliphatic rings. The Bertz CT molecular complexity index is 427. The number of nitrogens with one attached hydrogen (secondary N) is 1. The van der Waals surface area contributed by atoms with Crippen molar-refractivity contribution in [3.63, 3.8) is 0 Å². The van der Waals surface area contributed by atoms with Gasteiger partial charge in [-0.25, -0.2) is 0 Å². The normalized spacial score (nSPS) is 18.8. The minimum absolute atomic E-state index is 0.260. The first-order chi connectivity index (χ1) is 9.65. The van der Waals surface area contributed by atoms with Crippen LogP contribution in [0.15, 0.2) is 18.2 Å². The Hall–Kier alpha value is -1.22. The molecular weight excluding hydrogens is 250 g/mol. The maximum absolute atomic E-state index is 5.48. The van der Waals surface area contributed by atoms with E-state index in [1.54, 1.807) is 14.2 Å². The molecule has 0 bridgehead atoms. The average Bonchev–Trinajstić information content (AvgIpc) is 3.00. The Kier molecular flexibility index (Phi) is 5.30. The summed E-state index contributed by atoms with van der Waals surface area (Å²) < 4.78 is 10.8. The van der Waals surface area contributed by atoms with E-state index < -0.39 is 0 Å². The van der Waals surface area contributed by atoms with Crippen molar-refractivity contribution in [2.45, 2.75) is 51.6 Å². The summed E-state index contributed by atoms with van der Waals surface area (Å²) in [5.74, 6) is 2.61. The van der Waals surface area contributed by atoms with Gasteiger partial charge >= 0.3 is 0 Å². The highest BCUT2D eigenvalue weighted by Gasteiger charge is 2.23. The third kappa shape index (κ3) is 3.45. The third-order valence-corrected chi connectivity index (χ3v) is 4.52. The van der Waals surface area contributed by atoms with Crippen molar-refractivity contribution >= 4 is 0 Å². The SMILES string of the molecule is COc1ccc(OC)c(C(C)NC(C)C2CCCC2)c1. The van der Waals surface area contributed by atoms with E-state index in [0.29, 0.717) is 6.04 Å². The first-order valence-electron chi connectivity index (χ1n) is 7.63. The predicted molar refractivity (Wildman–Crippen MR) is 82.5 cm³/mol. The molecule has 1 aliphatic carbocycles. The largest absolute Gasteiger partial charge is 0.497 e. The second-order valence-electron chi connectivity index (χ2n) is 5.83. The molecule has 1 aromatic rings. The Morgan fingerprint density at radius 3 is 2.40 bits per heavy atom. The molecule has 0 radical (unpaired) electrons. The van der Waals surface area contributed by atoms with Crippen LogP contribution in [0.25, 0.3) is 0 Å². The Balaban J connectivity index is 2.08. The van der Waals surface area contributed by atoms with Crippen molar-refractivity contribution in [2.24, 2.45) is 5.92 Å². The lowest BCUT2D eigenvalue weighted by Crippen LogP contribution is -2.34. The maximum Gasteiger partial charge on any atom is 0.123 e. The molecule has 1 saturated carbocycles. The topological polar surface area (TPSA) is 30.5 Å². The van der Waals surface area contributed by atoms with E-state index in [1.165, 1.54) is 25.7 Å². The molecule has 2 unspecified atom stereocenters. The second kappa shape index (κ2) is 6.98. The quantitative estimate of drug-likeness (QED) is 0.854. The molecule has 2 rings (SSSR count). The monoisotopic (exact) mass is 277 g/mol. The lowest BCUT2D eigenvalue weighted by molar-refractivity contribution is 0.342. The Labute approximate surface area is 122 Å². The highest BCUT2D eigenvalue weighted by molar-refractivity contribution is 5.42. The van der Waals surface area contributed by atoms with Gasteiger partial charge < -0.3 is 14.8 Å². The van der Waals surface area contributed by atoms with Gasteiger partial charge in [-0.1, -0.05) is 12.8 Å². The minimum Gasteiger partial charge on any atom is -0.497 e. The summed E-state index contributed by atoms with van der Waals surface area (Å²) >= 11 is 0. The fourth-order valence-corrected chi connectivity index (χ4v) is 3.26. The summed E-state index contributed by atoms with van der Waals surface area (Å²) in [6, 6.07) is 6.79. The standard InChI is InChI=1S/C17H27NO2/c1-12(14-7-5-6-8-14)18-13(2)16-11-15(19-3)9-10-17(16)20-4/h9-14,18H,5-8H2,1-4H3. The summed E-state index contributed by atoms with van der Waals surface area (Å²) in [6.07, 6.45) is 5.48. The van der Waals surface area contributed by atoms with Crippen molar-refractivity contribution in [3.05, 3.63) is 23.8 Å². The Morgan fingerprint density at radius 1 is 1.10 bits per heavy atom. The van der Waals surface area contributed by atoms with E-state index in [-0.39, 0.29) is 6.04 Å². The molecule has 3 heteroatoms. The van der Waals surface area contributed by atoms with Crippen molar-refractivity contribution in [1.82, 2.24) is 5.32 Å². The molecular formula is C17H27NO2. The van der Waals surface area contributed by atoms with Crippen molar-refractivity contribution < 1.29 is 9.47 Å². The van der Waals surface area contributed by atoms with E-state index in [2.05, 4.69) is 25.2 Å². The van der Waals surface area contributed by atoms with Gasteiger partial charge in [0.05, 0.1) is 14.2 Å². The van der Waals surface area contributed by atoms with E-state index in [4.69, 9.17) is 9.47 Å². The average molecular weight is 277 g/mol. The summed E-state index contributed by atoms with van der Waals surface area (Å²) in [4.78, 5) is 0. The van der Waals surface area contributed by atoms with Crippen molar-refractivity contribution in [1.29, 1.82) is 0 Å². The van der Waals surface area contributed by atoms with Gasteiger partial charge in [0.2, 0.25) is 0 Å². The summed E-state index contributed by atoms with van der Waals surface area (Å²) in [5.41, 5.74) is 1.16. The van der Waals surface area contributed by atoms with E-state index in [9.17, 15) is 0 Å². The van der Waals surface area contributed by atoms with Crippen molar-refractivity contribution in [3.8, 4) is 11.5 Å². The van der Waals surface area contributed by atoms with E-state index >= 15 is 0 Å². The molecule has 0 heterocycles. The number of rotatable bonds is 6. The zero-order valence-corrected chi connectivity index (χ0v) is 13.1. The van der Waals surface area contributed by atoms with Crippen LogP contribution >= 0.6 is 0 Å². The van der Waals surface area contributed by atoms with Gasteiger partial charge in [-0.3, -0.25) is 0 Å². The van der Waals surface area contributed by atoms with Crippen molar-refractivity contribution in [2.75, 3.05) is 14.2 Å².